The van der Waals surface area contributed by atoms with Gasteiger partial charge in [0.05, 0.1) is 22.3 Å². The van der Waals surface area contributed by atoms with Crippen LogP contribution in [0.5, 0.6) is 5.75 Å². The molecule has 0 saturated carbocycles. The third kappa shape index (κ3) is 6.73. The number of aliphatic carboxylic acids is 1. The molecule has 0 bridgehead atoms. The molecule has 1 amide bonds. The van der Waals surface area contributed by atoms with E-state index in [-0.39, 0.29) is 13.2 Å². The summed E-state index contributed by atoms with van der Waals surface area (Å²) in [5.74, 6) is -0.316. The maximum absolute atomic E-state index is 12.4. The predicted molar refractivity (Wildman–Crippen MR) is 107 cm³/mol. The van der Waals surface area contributed by atoms with Crippen molar-refractivity contribution in [3.63, 3.8) is 0 Å². The number of rotatable bonds is 6. The number of carboxylic acids is 1. The lowest BCUT2D eigenvalue weighted by molar-refractivity contribution is -0.139. The fraction of sp³-hybridized carbons (Fsp3) is 0.250. The molecule has 1 aromatic heterocycles. The molecule has 1 heterocycles. The molecule has 10 heteroatoms. The van der Waals surface area contributed by atoms with E-state index in [0.29, 0.717) is 27.4 Å². The number of fused-ring (bicyclic) bond motifs is 1. The highest BCUT2D eigenvalue weighted by molar-refractivity contribution is 7.18. The normalized spacial score (nSPS) is 10.8. The van der Waals surface area contributed by atoms with Crippen LogP contribution >= 0.6 is 11.3 Å². The Morgan fingerprint density at radius 1 is 1.23 bits per heavy atom. The number of benzene rings is 2. The van der Waals surface area contributed by atoms with Gasteiger partial charge in [0.25, 0.3) is 0 Å². The van der Waals surface area contributed by atoms with E-state index in [9.17, 15) is 22.8 Å². The Labute approximate surface area is 174 Å². The number of halogens is 3. The van der Waals surface area contributed by atoms with Crippen molar-refractivity contribution in [2.45, 2.75) is 26.6 Å². The van der Waals surface area contributed by atoms with Crippen molar-refractivity contribution in [1.29, 1.82) is 0 Å². The zero-order valence-electron chi connectivity index (χ0n) is 16.1. The van der Waals surface area contributed by atoms with Gasteiger partial charge in [0.1, 0.15) is 10.8 Å². The molecule has 0 fully saturated rings. The number of nitrogens with zero attached hydrogens (tertiary/aromatic N) is 1. The summed E-state index contributed by atoms with van der Waals surface area (Å²) in [7, 11) is 0. The van der Waals surface area contributed by atoms with Gasteiger partial charge in [-0.2, -0.15) is 13.2 Å². The van der Waals surface area contributed by atoms with Crippen LogP contribution < -0.4 is 10.1 Å². The molecule has 0 aliphatic carbocycles. The molecule has 3 aromatic rings. The fourth-order valence-electron chi connectivity index (χ4n) is 2.36. The maximum Gasteiger partial charge on any atom is 0.416 e. The molecule has 3 rings (SSSR count). The van der Waals surface area contributed by atoms with E-state index in [1.807, 2.05) is 32.0 Å². The number of aromatic nitrogens is 1. The van der Waals surface area contributed by atoms with Crippen molar-refractivity contribution in [2.75, 3.05) is 6.61 Å². The minimum absolute atomic E-state index is 0.226. The maximum atomic E-state index is 12.4. The first-order valence-corrected chi connectivity index (χ1v) is 9.47. The third-order valence-corrected chi connectivity index (χ3v) is 4.83. The van der Waals surface area contributed by atoms with Gasteiger partial charge in [0.2, 0.25) is 6.41 Å². The Balaban J connectivity index is 0.000000222. The zero-order valence-corrected chi connectivity index (χ0v) is 16.9. The number of nitrogens with one attached hydrogen (secondary N) is 1. The number of hydrogen-bond acceptors (Lipinski definition) is 5. The van der Waals surface area contributed by atoms with Crippen LogP contribution in [-0.2, 0) is 22.3 Å². The van der Waals surface area contributed by atoms with Gasteiger partial charge in [-0.05, 0) is 49.2 Å². The number of carbonyl (C=O) groups excluding carboxylic acids is 1. The number of aryl methyl sites for hydroxylation is 2. The van der Waals surface area contributed by atoms with Crippen LogP contribution in [0, 0.1) is 13.8 Å². The van der Waals surface area contributed by atoms with Crippen molar-refractivity contribution >= 4 is 33.9 Å². The van der Waals surface area contributed by atoms with Gasteiger partial charge in [0, 0.05) is 0 Å². The second-order valence-corrected chi connectivity index (χ2v) is 7.35. The van der Waals surface area contributed by atoms with Crippen LogP contribution in [0.4, 0.5) is 13.2 Å². The summed E-state index contributed by atoms with van der Waals surface area (Å²) in [5.41, 5.74) is 1.59. The van der Waals surface area contributed by atoms with Crippen molar-refractivity contribution in [1.82, 2.24) is 10.3 Å². The number of hydrogen-bond donors (Lipinski definition) is 2. The van der Waals surface area contributed by atoms with Crippen LogP contribution in [0.2, 0.25) is 0 Å². The Morgan fingerprint density at radius 3 is 2.60 bits per heavy atom. The van der Waals surface area contributed by atoms with Crippen molar-refractivity contribution in [3.05, 3.63) is 58.1 Å². The van der Waals surface area contributed by atoms with Gasteiger partial charge in [-0.3, -0.25) is 4.79 Å². The first-order valence-electron chi connectivity index (χ1n) is 8.65. The summed E-state index contributed by atoms with van der Waals surface area (Å²) in [4.78, 5) is 24.4. The number of amides is 1. The number of ether oxygens (including phenoxy) is 1. The molecule has 0 aliphatic rings. The summed E-state index contributed by atoms with van der Waals surface area (Å²) in [6, 6.07) is 9.13. The van der Waals surface area contributed by atoms with Gasteiger partial charge >= 0.3 is 12.1 Å². The summed E-state index contributed by atoms with van der Waals surface area (Å²) in [5, 5.41) is 11.4. The largest absolute Gasteiger partial charge is 0.482 e. The number of thiazole rings is 1. The predicted octanol–water partition coefficient (Wildman–Crippen LogP) is 4.33. The van der Waals surface area contributed by atoms with Crippen LogP contribution in [0.1, 0.15) is 21.7 Å². The molecule has 6 nitrogen and oxygen atoms in total. The Hall–Kier alpha value is -3.14. The second kappa shape index (κ2) is 10.1. The van der Waals surface area contributed by atoms with Gasteiger partial charge in [0.15, 0.2) is 6.61 Å². The molecule has 0 spiro atoms. The van der Waals surface area contributed by atoms with E-state index in [2.05, 4.69) is 10.3 Å². The van der Waals surface area contributed by atoms with E-state index in [1.165, 1.54) is 17.4 Å². The van der Waals surface area contributed by atoms with Crippen LogP contribution in [0.25, 0.3) is 10.2 Å². The first kappa shape index (κ1) is 23.1. The van der Waals surface area contributed by atoms with Gasteiger partial charge in [-0.1, -0.05) is 12.1 Å². The zero-order chi connectivity index (χ0) is 22.3. The van der Waals surface area contributed by atoms with E-state index < -0.39 is 17.7 Å². The lowest BCUT2D eigenvalue weighted by Crippen LogP contribution is -2.10. The third-order valence-electron chi connectivity index (χ3n) is 3.79. The average molecular weight is 440 g/mol. The minimum Gasteiger partial charge on any atom is -0.482 e. The van der Waals surface area contributed by atoms with Crippen molar-refractivity contribution in [3.8, 4) is 5.75 Å². The molecular weight excluding hydrogens is 421 g/mol. The molecule has 0 atom stereocenters. The lowest BCUT2D eigenvalue weighted by Gasteiger charge is -2.07. The minimum atomic E-state index is -4.36. The highest BCUT2D eigenvalue weighted by Gasteiger charge is 2.30. The summed E-state index contributed by atoms with van der Waals surface area (Å²) in [6.45, 7) is 3.76. The molecule has 0 aliphatic heterocycles. The topological polar surface area (TPSA) is 88.5 Å². The number of carboxylic acid groups (broad SMARTS) is 1. The van der Waals surface area contributed by atoms with E-state index in [0.717, 1.165) is 23.3 Å². The lowest BCUT2D eigenvalue weighted by atomic mass is 10.1. The number of carbonyl (C=O) groups is 2. The Morgan fingerprint density at radius 2 is 1.97 bits per heavy atom. The Bertz CT molecular complexity index is 1030. The van der Waals surface area contributed by atoms with Crippen LogP contribution in [0.15, 0.2) is 36.4 Å². The molecule has 0 unspecified atom stereocenters. The van der Waals surface area contributed by atoms with E-state index in [4.69, 9.17) is 9.84 Å². The van der Waals surface area contributed by atoms with Crippen molar-refractivity contribution in [2.24, 2.45) is 0 Å². The smallest absolute Gasteiger partial charge is 0.416 e. The first-order chi connectivity index (χ1) is 14.1. The highest BCUT2D eigenvalue weighted by Crippen LogP contribution is 2.32. The summed E-state index contributed by atoms with van der Waals surface area (Å²) in [6.07, 6.45) is -3.84. The highest BCUT2D eigenvalue weighted by atomic mass is 32.1. The quantitative estimate of drug-likeness (QED) is 0.557. The molecule has 30 heavy (non-hydrogen) atoms. The Kier molecular flexibility index (Phi) is 7.76. The SMILES string of the molecule is Cc1ccc(C)c(OCC(=O)O)c1.O=CNCc1nc2cc(C(F)(F)F)ccc2s1. The van der Waals surface area contributed by atoms with E-state index in [1.54, 1.807) is 0 Å². The van der Waals surface area contributed by atoms with Gasteiger partial charge in [-0.25, -0.2) is 9.78 Å². The standard InChI is InChI=1S/C10H7F3N2OS.C10H12O3/c11-10(12,13)6-1-2-8-7(3-6)15-9(17-8)4-14-5-16;1-7-3-4-8(2)9(5-7)13-6-10(11)12/h1-3,5H,4H2,(H,14,16);3-5H,6H2,1-2H3,(H,11,12). The van der Waals surface area contributed by atoms with Gasteiger partial charge < -0.3 is 15.2 Å². The molecule has 0 saturated heterocycles. The molecule has 0 radical (unpaired) electrons. The van der Waals surface area contributed by atoms with Crippen LogP contribution in [-0.4, -0.2) is 29.1 Å². The average Bonchev–Trinajstić information content (AvgIpc) is 3.09. The monoisotopic (exact) mass is 440 g/mol. The van der Waals surface area contributed by atoms with Crippen LogP contribution in [0.3, 0.4) is 0 Å². The summed E-state index contributed by atoms with van der Waals surface area (Å²) >= 11 is 1.26. The molecule has 2 N–H and O–H groups in total. The van der Waals surface area contributed by atoms with Gasteiger partial charge in [-0.15, -0.1) is 11.3 Å². The number of alkyl halides is 3. The second-order valence-electron chi connectivity index (χ2n) is 6.24. The van der Waals surface area contributed by atoms with E-state index >= 15 is 0 Å². The van der Waals surface area contributed by atoms with Crippen molar-refractivity contribution < 1.29 is 32.6 Å². The fourth-order valence-corrected chi connectivity index (χ4v) is 3.26. The molecule has 2 aromatic carbocycles. The molecule has 160 valence electrons. The molecular formula is C20H19F3N2O4S. The summed E-state index contributed by atoms with van der Waals surface area (Å²) < 4.78 is 43.1.